The molecule has 0 bridgehead atoms. The highest BCUT2D eigenvalue weighted by molar-refractivity contribution is 5.86. The molecule has 0 amide bonds. The molecule has 3 rings (SSSR count). The molecular weight excluding hydrogens is 276 g/mol. The number of anilines is 1. The van der Waals surface area contributed by atoms with Gasteiger partial charge < -0.3 is 4.90 Å². The standard InChI is InChI=1S/C16H20N6/c1-5-14-19-15(13-9-18-22(4)16(13)20-14)21(3)10-12-6-7-17-8-11(12)2/h6-9H,5,10H2,1-4H3. The van der Waals surface area contributed by atoms with Crippen LogP contribution in [-0.4, -0.2) is 31.8 Å². The number of aryl methyl sites for hydroxylation is 3. The van der Waals surface area contributed by atoms with Gasteiger partial charge in [-0.15, -0.1) is 0 Å². The van der Waals surface area contributed by atoms with Gasteiger partial charge in [-0.1, -0.05) is 6.92 Å². The number of hydrogen-bond acceptors (Lipinski definition) is 5. The van der Waals surface area contributed by atoms with Crippen LogP contribution in [0.1, 0.15) is 23.9 Å². The Morgan fingerprint density at radius 3 is 2.77 bits per heavy atom. The quantitative estimate of drug-likeness (QED) is 0.739. The fourth-order valence-corrected chi connectivity index (χ4v) is 2.51. The summed E-state index contributed by atoms with van der Waals surface area (Å²) in [5.74, 6) is 1.76. The number of aromatic nitrogens is 5. The lowest BCUT2D eigenvalue weighted by atomic mass is 10.1. The van der Waals surface area contributed by atoms with Gasteiger partial charge in [-0.2, -0.15) is 5.10 Å². The Morgan fingerprint density at radius 2 is 2.05 bits per heavy atom. The van der Waals surface area contributed by atoms with E-state index >= 15 is 0 Å². The first kappa shape index (κ1) is 14.4. The maximum Gasteiger partial charge on any atom is 0.163 e. The van der Waals surface area contributed by atoms with Gasteiger partial charge in [0.15, 0.2) is 5.65 Å². The van der Waals surface area contributed by atoms with Crippen molar-refractivity contribution in [3.05, 3.63) is 41.6 Å². The molecule has 6 heteroatoms. The Balaban J connectivity index is 2.03. The van der Waals surface area contributed by atoms with E-state index < -0.39 is 0 Å². The minimum absolute atomic E-state index is 0.776. The first-order chi connectivity index (χ1) is 10.6. The van der Waals surface area contributed by atoms with E-state index in [0.717, 1.165) is 35.6 Å². The average molecular weight is 296 g/mol. The highest BCUT2D eigenvalue weighted by atomic mass is 15.3. The van der Waals surface area contributed by atoms with Crippen molar-refractivity contribution in [2.24, 2.45) is 7.05 Å². The van der Waals surface area contributed by atoms with Gasteiger partial charge in [0, 0.05) is 39.5 Å². The van der Waals surface area contributed by atoms with E-state index in [9.17, 15) is 0 Å². The zero-order valence-corrected chi connectivity index (χ0v) is 13.4. The SMILES string of the molecule is CCc1nc(N(C)Cc2ccncc2C)c2cnn(C)c2n1. The smallest absolute Gasteiger partial charge is 0.163 e. The molecule has 0 N–H and O–H groups in total. The summed E-state index contributed by atoms with van der Waals surface area (Å²) in [5.41, 5.74) is 3.30. The molecule has 0 spiro atoms. The predicted molar refractivity (Wildman–Crippen MR) is 86.8 cm³/mol. The van der Waals surface area contributed by atoms with Gasteiger partial charge in [-0.3, -0.25) is 9.67 Å². The van der Waals surface area contributed by atoms with Crippen LogP contribution in [0.4, 0.5) is 5.82 Å². The lowest BCUT2D eigenvalue weighted by Gasteiger charge is -2.20. The van der Waals surface area contributed by atoms with Crippen molar-refractivity contribution >= 4 is 16.9 Å². The van der Waals surface area contributed by atoms with Crippen LogP contribution < -0.4 is 4.90 Å². The molecule has 0 aliphatic heterocycles. The maximum absolute atomic E-state index is 4.70. The molecule has 0 aromatic carbocycles. The summed E-state index contributed by atoms with van der Waals surface area (Å²) in [7, 11) is 3.96. The monoisotopic (exact) mass is 296 g/mol. The molecule has 0 unspecified atom stereocenters. The van der Waals surface area contributed by atoms with Gasteiger partial charge >= 0.3 is 0 Å². The van der Waals surface area contributed by atoms with Crippen molar-refractivity contribution < 1.29 is 0 Å². The molecule has 6 nitrogen and oxygen atoms in total. The van der Waals surface area contributed by atoms with Crippen LogP contribution in [0.5, 0.6) is 0 Å². The second kappa shape index (κ2) is 5.71. The molecule has 0 aliphatic carbocycles. The highest BCUT2D eigenvalue weighted by Crippen LogP contribution is 2.24. The summed E-state index contributed by atoms with van der Waals surface area (Å²) in [6, 6.07) is 2.05. The summed E-state index contributed by atoms with van der Waals surface area (Å²) in [4.78, 5) is 15.6. The maximum atomic E-state index is 4.70. The van der Waals surface area contributed by atoms with E-state index in [1.54, 1.807) is 4.68 Å². The van der Waals surface area contributed by atoms with Gasteiger partial charge in [0.1, 0.15) is 11.6 Å². The molecule has 0 saturated carbocycles. The Morgan fingerprint density at radius 1 is 1.23 bits per heavy atom. The van der Waals surface area contributed by atoms with Gasteiger partial charge in [0.05, 0.1) is 11.6 Å². The van der Waals surface area contributed by atoms with E-state index in [-0.39, 0.29) is 0 Å². The van der Waals surface area contributed by atoms with Gasteiger partial charge in [0.25, 0.3) is 0 Å². The van der Waals surface area contributed by atoms with Crippen LogP contribution >= 0.6 is 0 Å². The average Bonchev–Trinajstić information content (AvgIpc) is 2.90. The molecule has 0 fully saturated rings. The molecular formula is C16H20N6. The van der Waals surface area contributed by atoms with Gasteiger partial charge in [-0.05, 0) is 24.1 Å². The lowest BCUT2D eigenvalue weighted by molar-refractivity contribution is 0.778. The Bertz CT molecular complexity index is 808. The van der Waals surface area contributed by atoms with Crippen molar-refractivity contribution in [2.45, 2.75) is 26.8 Å². The molecule has 0 saturated heterocycles. The van der Waals surface area contributed by atoms with Crippen LogP contribution in [-0.2, 0) is 20.0 Å². The Labute approximate surface area is 129 Å². The summed E-state index contributed by atoms with van der Waals surface area (Å²) >= 11 is 0. The van der Waals surface area contributed by atoms with Gasteiger partial charge in [-0.25, -0.2) is 9.97 Å². The zero-order valence-electron chi connectivity index (χ0n) is 13.4. The lowest BCUT2D eigenvalue weighted by Crippen LogP contribution is -2.19. The summed E-state index contributed by atoms with van der Waals surface area (Å²) in [6.07, 6.45) is 6.35. The Kier molecular flexibility index (Phi) is 3.75. The van der Waals surface area contributed by atoms with Crippen molar-refractivity contribution in [2.75, 3.05) is 11.9 Å². The van der Waals surface area contributed by atoms with Crippen LogP contribution in [0.2, 0.25) is 0 Å². The predicted octanol–water partition coefficient (Wildman–Crippen LogP) is 2.27. The molecule has 0 atom stereocenters. The summed E-state index contributed by atoms with van der Waals surface area (Å²) in [6.45, 7) is 4.92. The van der Waals surface area contributed by atoms with E-state index in [0.29, 0.717) is 0 Å². The van der Waals surface area contributed by atoms with Crippen LogP contribution in [0.25, 0.3) is 11.0 Å². The third kappa shape index (κ3) is 2.52. The molecule has 3 aromatic heterocycles. The molecule has 22 heavy (non-hydrogen) atoms. The molecule has 0 aliphatic rings. The van der Waals surface area contributed by atoms with Crippen molar-refractivity contribution in [3.8, 4) is 0 Å². The van der Waals surface area contributed by atoms with Crippen LogP contribution in [0.3, 0.4) is 0 Å². The van der Waals surface area contributed by atoms with Crippen molar-refractivity contribution in [1.29, 1.82) is 0 Å². The summed E-state index contributed by atoms with van der Waals surface area (Å²) < 4.78 is 1.80. The minimum atomic E-state index is 0.776. The first-order valence-corrected chi connectivity index (χ1v) is 7.39. The van der Waals surface area contributed by atoms with Gasteiger partial charge in [0.2, 0.25) is 0 Å². The first-order valence-electron chi connectivity index (χ1n) is 7.39. The van der Waals surface area contributed by atoms with E-state index in [2.05, 4.69) is 33.8 Å². The Hall–Kier alpha value is -2.50. The second-order valence-electron chi connectivity index (χ2n) is 5.48. The number of nitrogens with zero attached hydrogens (tertiary/aromatic N) is 6. The van der Waals surface area contributed by atoms with E-state index in [1.807, 2.05) is 38.8 Å². The van der Waals surface area contributed by atoms with E-state index in [1.165, 1.54) is 11.1 Å². The topological polar surface area (TPSA) is 59.7 Å². The van der Waals surface area contributed by atoms with Crippen molar-refractivity contribution in [1.82, 2.24) is 24.7 Å². The molecule has 114 valence electrons. The minimum Gasteiger partial charge on any atom is -0.355 e. The highest BCUT2D eigenvalue weighted by Gasteiger charge is 2.15. The van der Waals surface area contributed by atoms with E-state index in [4.69, 9.17) is 4.98 Å². The molecule has 3 heterocycles. The fourth-order valence-electron chi connectivity index (χ4n) is 2.51. The fraction of sp³-hybridized carbons (Fsp3) is 0.375. The van der Waals surface area contributed by atoms with Crippen LogP contribution in [0.15, 0.2) is 24.7 Å². The number of rotatable bonds is 4. The normalized spacial score (nSPS) is 11.1. The molecule has 0 radical (unpaired) electrons. The number of pyridine rings is 1. The molecule has 3 aromatic rings. The van der Waals surface area contributed by atoms with Crippen LogP contribution in [0, 0.1) is 6.92 Å². The largest absolute Gasteiger partial charge is 0.355 e. The third-order valence-corrected chi connectivity index (χ3v) is 3.84. The number of hydrogen-bond donors (Lipinski definition) is 0. The van der Waals surface area contributed by atoms with Crippen molar-refractivity contribution in [3.63, 3.8) is 0 Å². The second-order valence-corrected chi connectivity index (χ2v) is 5.48. The zero-order chi connectivity index (χ0) is 15.7. The third-order valence-electron chi connectivity index (χ3n) is 3.84. The summed E-state index contributed by atoms with van der Waals surface area (Å²) in [5, 5.41) is 5.30. The number of fused-ring (bicyclic) bond motifs is 1.